The number of hydrogen-bond acceptors (Lipinski definition) is 4. The zero-order valence-electron chi connectivity index (χ0n) is 17.3. The molecule has 1 amide bonds. The van der Waals surface area contributed by atoms with Crippen molar-refractivity contribution in [1.82, 2.24) is 15.1 Å². The van der Waals surface area contributed by atoms with Crippen LogP contribution in [0.3, 0.4) is 0 Å². The molecule has 0 spiro atoms. The number of nitrogens with zero attached hydrogens (tertiary/aromatic N) is 2. The van der Waals surface area contributed by atoms with Crippen molar-refractivity contribution in [1.29, 1.82) is 0 Å². The molecule has 5 heteroatoms. The van der Waals surface area contributed by atoms with Crippen molar-refractivity contribution in [2.45, 2.75) is 18.4 Å². The topological polar surface area (TPSA) is 48.7 Å². The van der Waals surface area contributed by atoms with E-state index >= 15 is 0 Å². The molecule has 5 nitrogen and oxygen atoms in total. The summed E-state index contributed by atoms with van der Waals surface area (Å²) in [6.07, 6.45) is 0. The quantitative estimate of drug-likeness (QED) is 0.733. The zero-order chi connectivity index (χ0) is 20.3. The van der Waals surface area contributed by atoms with Gasteiger partial charge in [-0.1, -0.05) is 30.3 Å². The van der Waals surface area contributed by atoms with Crippen molar-refractivity contribution in [3.63, 3.8) is 0 Å². The highest BCUT2D eigenvalue weighted by Gasteiger charge is 2.55. The van der Waals surface area contributed by atoms with Gasteiger partial charge < -0.3 is 19.5 Å². The highest BCUT2D eigenvalue weighted by Crippen LogP contribution is 2.43. The second-order valence-electron chi connectivity index (χ2n) is 9.31. The number of aryl methyl sites for hydroxylation is 1. The van der Waals surface area contributed by atoms with E-state index in [0.29, 0.717) is 11.5 Å². The van der Waals surface area contributed by atoms with Gasteiger partial charge in [0.25, 0.3) is 5.91 Å². The van der Waals surface area contributed by atoms with E-state index in [9.17, 15) is 4.79 Å². The molecule has 1 N–H and O–H groups in total. The normalized spacial score (nSPS) is 32.3. The van der Waals surface area contributed by atoms with E-state index in [4.69, 9.17) is 4.42 Å². The average Bonchev–Trinajstić information content (AvgIpc) is 2.94. The van der Waals surface area contributed by atoms with E-state index in [2.05, 4.69) is 45.4 Å². The molecular weight excluding hydrogens is 374 g/mol. The minimum absolute atomic E-state index is 0.0206. The van der Waals surface area contributed by atoms with E-state index in [1.54, 1.807) is 0 Å². The van der Waals surface area contributed by atoms with Crippen molar-refractivity contribution in [2.75, 3.05) is 39.3 Å². The van der Waals surface area contributed by atoms with Crippen molar-refractivity contribution in [3.8, 4) is 0 Å². The van der Waals surface area contributed by atoms with Gasteiger partial charge in [-0.2, -0.15) is 0 Å². The highest BCUT2D eigenvalue weighted by atomic mass is 16.3. The molecule has 2 unspecified atom stereocenters. The van der Waals surface area contributed by atoms with E-state index in [1.165, 1.54) is 5.56 Å². The number of hydrogen-bond donors (Lipinski definition) is 1. The van der Waals surface area contributed by atoms with Crippen LogP contribution in [0.25, 0.3) is 11.0 Å². The summed E-state index contributed by atoms with van der Waals surface area (Å²) < 4.78 is 5.67. The Morgan fingerprint density at radius 2 is 1.77 bits per heavy atom. The Morgan fingerprint density at radius 3 is 2.50 bits per heavy atom. The molecule has 3 aromatic rings. The third-order valence-corrected chi connectivity index (χ3v) is 7.33. The first kappa shape index (κ1) is 18.2. The van der Waals surface area contributed by atoms with E-state index < -0.39 is 0 Å². The maximum atomic E-state index is 13.4. The fourth-order valence-corrected chi connectivity index (χ4v) is 6.11. The minimum Gasteiger partial charge on any atom is -0.461 e. The largest absolute Gasteiger partial charge is 0.461 e. The van der Waals surface area contributed by atoms with Gasteiger partial charge in [-0.3, -0.25) is 4.79 Å². The molecule has 30 heavy (non-hydrogen) atoms. The molecule has 4 saturated heterocycles. The number of carbonyl (C=O) groups excluding carboxylic acids is 1. The molecule has 4 aliphatic heterocycles. The van der Waals surface area contributed by atoms with Crippen LogP contribution >= 0.6 is 0 Å². The molecule has 2 aromatic carbocycles. The first-order valence-corrected chi connectivity index (χ1v) is 10.9. The van der Waals surface area contributed by atoms with Crippen LogP contribution in [0.15, 0.2) is 59.0 Å². The van der Waals surface area contributed by atoms with Crippen LogP contribution in [0.4, 0.5) is 0 Å². The van der Waals surface area contributed by atoms with Crippen LogP contribution in [0.5, 0.6) is 0 Å². The van der Waals surface area contributed by atoms with Gasteiger partial charge in [-0.15, -0.1) is 0 Å². The molecule has 4 bridgehead atoms. The summed E-state index contributed by atoms with van der Waals surface area (Å²) in [4.78, 5) is 18.6. The number of rotatable bonds is 3. The first-order valence-electron chi connectivity index (χ1n) is 10.9. The van der Waals surface area contributed by atoms with Crippen molar-refractivity contribution < 1.29 is 9.21 Å². The van der Waals surface area contributed by atoms with Crippen molar-refractivity contribution >= 4 is 16.9 Å². The van der Waals surface area contributed by atoms with Gasteiger partial charge in [-0.05, 0) is 36.8 Å². The van der Waals surface area contributed by atoms with Gasteiger partial charge in [0, 0.05) is 67.6 Å². The maximum Gasteiger partial charge on any atom is 0.251 e. The summed E-state index contributed by atoms with van der Waals surface area (Å²) in [6, 6.07) is 18.7. The third kappa shape index (κ3) is 2.80. The number of amides is 1. The lowest BCUT2D eigenvalue weighted by Crippen LogP contribution is -2.70. The van der Waals surface area contributed by atoms with Crippen molar-refractivity contribution in [3.05, 3.63) is 71.5 Å². The highest BCUT2D eigenvalue weighted by molar-refractivity contribution is 5.98. The smallest absolute Gasteiger partial charge is 0.251 e. The fraction of sp³-hybridized carbons (Fsp3) is 0.400. The number of piperidine rings is 2. The van der Waals surface area contributed by atoms with Gasteiger partial charge in [0.1, 0.15) is 11.3 Å². The second kappa shape index (κ2) is 6.69. The number of furan rings is 1. The Balaban J connectivity index is 1.37. The lowest BCUT2D eigenvalue weighted by Gasteiger charge is -2.55. The molecule has 4 aliphatic rings. The van der Waals surface area contributed by atoms with E-state index in [0.717, 1.165) is 56.0 Å². The van der Waals surface area contributed by atoms with Crippen LogP contribution < -0.4 is 5.32 Å². The lowest BCUT2D eigenvalue weighted by molar-refractivity contribution is 0.0180. The van der Waals surface area contributed by atoms with Crippen LogP contribution in [-0.4, -0.2) is 61.0 Å². The van der Waals surface area contributed by atoms with Gasteiger partial charge in [0.2, 0.25) is 0 Å². The molecule has 1 aromatic heterocycles. The van der Waals surface area contributed by atoms with Gasteiger partial charge >= 0.3 is 0 Å². The minimum atomic E-state index is -0.0646. The Labute approximate surface area is 176 Å². The van der Waals surface area contributed by atoms with Crippen LogP contribution in [0.2, 0.25) is 0 Å². The Hall–Kier alpha value is -2.63. The predicted octanol–water partition coefficient (Wildman–Crippen LogP) is 3.04. The van der Waals surface area contributed by atoms with Crippen LogP contribution in [0, 0.1) is 12.8 Å². The molecule has 3 atom stereocenters. The summed E-state index contributed by atoms with van der Waals surface area (Å²) in [7, 11) is 0. The summed E-state index contributed by atoms with van der Waals surface area (Å²) in [6.45, 7) is 8.34. The monoisotopic (exact) mass is 401 g/mol. The lowest BCUT2D eigenvalue weighted by atomic mass is 9.64. The third-order valence-electron chi connectivity index (χ3n) is 7.33. The summed E-state index contributed by atoms with van der Waals surface area (Å²) in [5.41, 5.74) is 2.82. The zero-order valence-corrected chi connectivity index (χ0v) is 17.3. The van der Waals surface area contributed by atoms with E-state index in [-0.39, 0.29) is 17.4 Å². The van der Waals surface area contributed by atoms with Gasteiger partial charge in [0.05, 0.1) is 0 Å². The molecule has 5 heterocycles. The Morgan fingerprint density at radius 1 is 1.03 bits per heavy atom. The summed E-state index contributed by atoms with van der Waals surface area (Å²) in [5.74, 6) is 1.33. The molecule has 7 rings (SSSR count). The number of nitrogens with one attached hydrogen (secondary N) is 1. The average molecular weight is 402 g/mol. The molecule has 4 fully saturated rings. The summed E-state index contributed by atoms with van der Waals surface area (Å²) in [5, 5.41) is 4.48. The van der Waals surface area contributed by atoms with Gasteiger partial charge in [-0.25, -0.2) is 0 Å². The molecular formula is C25H27N3O2. The number of benzene rings is 2. The van der Waals surface area contributed by atoms with Crippen LogP contribution in [-0.2, 0) is 5.41 Å². The second-order valence-corrected chi connectivity index (χ2v) is 9.31. The number of fused-ring (bicyclic) bond motifs is 2. The number of carbonyl (C=O) groups is 1. The van der Waals surface area contributed by atoms with Gasteiger partial charge in [0.15, 0.2) is 0 Å². The molecule has 0 aliphatic carbocycles. The maximum absolute atomic E-state index is 13.4. The summed E-state index contributed by atoms with van der Waals surface area (Å²) >= 11 is 0. The van der Waals surface area contributed by atoms with E-state index in [1.807, 2.05) is 31.2 Å². The Bertz CT molecular complexity index is 1090. The molecule has 0 saturated carbocycles. The fourth-order valence-electron chi connectivity index (χ4n) is 6.11. The SMILES string of the molecule is Cc1cc2cc(C(=O)N[C@@H]3C4CN5CCN(C4)CC3(c3ccccc3)C5)ccc2o1. The van der Waals surface area contributed by atoms with Crippen molar-refractivity contribution in [2.24, 2.45) is 5.92 Å². The Kier molecular flexibility index (Phi) is 4.05. The standard InChI is InChI=1S/C25H27N3O2/c1-17-11-19-12-18(7-8-22(19)30-17)24(29)26-23-20-13-27-9-10-28(14-20)16-25(23,15-27)21-5-3-2-4-6-21/h2-8,11-12,20,23H,9-10,13-16H2,1H3,(H,26,29)/t20?,23-,25?/m1/s1. The predicted molar refractivity (Wildman–Crippen MR) is 117 cm³/mol. The van der Waals surface area contributed by atoms with Crippen LogP contribution in [0.1, 0.15) is 21.7 Å². The first-order chi connectivity index (χ1) is 14.6. The molecule has 0 radical (unpaired) electrons. The molecule has 154 valence electrons.